The fourth-order valence-corrected chi connectivity index (χ4v) is 7.40. The molecule has 2 amide bonds. The summed E-state index contributed by atoms with van der Waals surface area (Å²) in [6.45, 7) is 4.60. The van der Waals surface area contributed by atoms with E-state index in [1.54, 1.807) is 22.5 Å². The van der Waals surface area contributed by atoms with Crippen molar-refractivity contribution in [2.75, 3.05) is 36.5 Å². The lowest BCUT2D eigenvalue weighted by Crippen LogP contribution is -2.57. The maximum atomic E-state index is 14.4. The predicted octanol–water partition coefficient (Wildman–Crippen LogP) is 4.47. The summed E-state index contributed by atoms with van der Waals surface area (Å²) in [5, 5.41) is 17.5. The highest BCUT2D eigenvalue weighted by atomic mass is 35.5. The van der Waals surface area contributed by atoms with E-state index in [4.69, 9.17) is 21.3 Å². The zero-order valence-corrected chi connectivity index (χ0v) is 28.5. The minimum absolute atomic E-state index is 0.00831. The van der Waals surface area contributed by atoms with Gasteiger partial charge in [0, 0.05) is 19.3 Å². The first-order valence-electron chi connectivity index (χ1n) is 16.5. The molecule has 2 saturated heterocycles. The summed E-state index contributed by atoms with van der Waals surface area (Å²) in [7, 11) is 0. The van der Waals surface area contributed by atoms with Crippen molar-refractivity contribution in [1.29, 1.82) is 0 Å². The van der Waals surface area contributed by atoms with Crippen molar-refractivity contribution >= 4 is 46.1 Å². The van der Waals surface area contributed by atoms with Gasteiger partial charge in [-0.05, 0) is 68.0 Å². The van der Waals surface area contributed by atoms with E-state index in [1.807, 2.05) is 17.9 Å². The van der Waals surface area contributed by atoms with Gasteiger partial charge in [-0.1, -0.05) is 24.6 Å². The van der Waals surface area contributed by atoms with E-state index in [0.29, 0.717) is 74.8 Å². The molecule has 268 valence electrons. The van der Waals surface area contributed by atoms with Gasteiger partial charge in [0.05, 0.1) is 47.3 Å². The first-order chi connectivity index (χ1) is 24.3. The standard InChI is InChI=1S/C34H34ClF3N8O5/c1-3-25-28(43-15-21-5-6-22(16-43)45(21)31(49)27-29(48)18(2)8-11-39-27)32(50)46-33(41-30(42-46)19-9-12-51-13-10-19)44(25)17-26(47)40-24-7-4-20(14-23(24)35)34(36,37)38/h4,7-9,11,14,21-22,48H,3,5-6,10,12-13,15-17H2,1-2H3,(H,40,47). The van der Waals surface area contributed by atoms with Crippen molar-refractivity contribution in [2.45, 2.75) is 64.3 Å². The number of alkyl halides is 3. The number of fused-ring (bicyclic) bond motifs is 3. The van der Waals surface area contributed by atoms with Gasteiger partial charge in [-0.25, -0.2) is 4.98 Å². The van der Waals surface area contributed by atoms with E-state index in [-0.39, 0.29) is 52.5 Å². The Morgan fingerprint density at radius 3 is 2.55 bits per heavy atom. The van der Waals surface area contributed by atoms with Crippen molar-refractivity contribution in [3.8, 4) is 5.75 Å². The van der Waals surface area contributed by atoms with Gasteiger partial charge in [-0.3, -0.25) is 14.4 Å². The van der Waals surface area contributed by atoms with Gasteiger partial charge >= 0.3 is 6.18 Å². The molecule has 0 spiro atoms. The third-order valence-corrected chi connectivity index (χ3v) is 9.96. The van der Waals surface area contributed by atoms with Gasteiger partial charge in [0.15, 0.2) is 11.5 Å². The van der Waals surface area contributed by atoms with Crippen LogP contribution in [0.25, 0.3) is 11.4 Å². The number of pyridine rings is 1. The minimum atomic E-state index is -4.61. The molecule has 2 atom stereocenters. The molecule has 3 aliphatic heterocycles. The van der Waals surface area contributed by atoms with E-state index >= 15 is 0 Å². The van der Waals surface area contributed by atoms with Crippen LogP contribution >= 0.6 is 11.6 Å². The average molecular weight is 727 g/mol. The molecule has 1 aromatic carbocycles. The molecule has 0 saturated carbocycles. The SMILES string of the molecule is CCc1c(N2CC3CCC(C2)N3C(=O)c2nccc(C)c2O)c(=O)n2nc(C3=CCOCC3)nc2n1CC(=O)Nc1ccc(C(F)(F)F)cc1Cl. The first-order valence-corrected chi connectivity index (χ1v) is 16.9. The smallest absolute Gasteiger partial charge is 0.416 e. The van der Waals surface area contributed by atoms with Crippen LogP contribution in [0, 0.1) is 6.92 Å². The van der Waals surface area contributed by atoms with Crippen LogP contribution in [0.2, 0.25) is 5.02 Å². The van der Waals surface area contributed by atoms with Crippen LogP contribution in [0.15, 0.2) is 41.3 Å². The molecule has 2 fully saturated rings. The molecule has 4 aromatic rings. The van der Waals surface area contributed by atoms with Crippen LogP contribution in [-0.4, -0.2) is 84.4 Å². The number of aromatic nitrogens is 5. The fraction of sp³-hybridized carbons (Fsp3) is 0.412. The highest BCUT2D eigenvalue weighted by molar-refractivity contribution is 6.33. The number of hydrogen-bond acceptors (Lipinski definition) is 9. The topological polar surface area (TPSA) is 147 Å². The summed E-state index contributed by atoms with van der Waals surface area (Å²) in [4.78, 5) is 54.1. The number of rotatable bonds is 7. The normalized spacial score (nSPS) is 19.1. The molecule has 2 unspecified atom stereocenters. The first kappa shape index (κ1) is 34.5. The summed E-state index contributed by atoms with van der Waals surface area (Å²) >= 11 is 6.14. The molecule has 51 heavy (non-hydrogen) atoms. The van der Waals surface area contributed by atoms with Crippen LogP contribution in [0.4, 0.5) is 24.5 Å². The molecule has 3 aromatic heterocycles. The molecule has 13 nitrogen and oxygen atoms in total. The van der Waals surface area contributed by atoms with Gasteiger partial charge in [0.25, 0.3) is 11.5 Å². The summed E-state index contributed by atoms with van der Waals surface area (Å²) in [5.41, 5.74) is 0.714. The summed E-state index contributed by atoms with van der Waals surface area (Å²) in [6.07, 6.45) is 0.899. The van der Waals surface area contributed by atoms with E-state index in [2.05, 4.69) is 15.4 Å². The van der Waals surface area contributed by atoms with E-state index < -0.39 is 23.2 Å². The number of carbonyl (C=O) groups is 2. The van der Waals surface area contributed by atoms with Gasteiger partial charge in [0.2, 0.25) is 11.7 Å². The summed E-state index contributed by atoms with van der Waals surface area (Å²) in [6, 6.07) is 3.72. The summed E-state index contributed by atoms with van der Waals surface area (Å²) < 4.78 is 47.9. The second kappa shape index (κ2) is 13.3. The lowest BCUT2D eigenvalue weighted by Gasteiger charge is -2.42. The van der Waals surface area contributed by atoms with Crippen LogP contribution in [0.5, 0.6) is 5.75 Å². The molecule has 3 aliphatic rings. The van der Waals surface area contributed by atoms with Gasteiger partial charge in [-0.2, -0.15) is 22.7 Å². The van der Waals surface area contributed by atoms with Gasteiger partial charge < -0.3 is 29.5 Å². The number of carbonyl (C=O) groups excluding carboxylic acids is 2. The van der Waals surface area contributed by atoms with E-state index in [1.165, 1.54) is 10.7 Å². The fourth-order valence-electron chi connectivity index (χ4n) is 7.17. The zero-order chi connectivity index (χ0) is 36.2. The maximum Gasteiger partial charge on any atom is 0.416 e. The molecular formula is C34H34ClF3N8O5. The number of nitrogens with zero attached hydrogens (tertiary/aromatic N) is 7. The lowest BCUT2D eigenvalue weighted by molar-refractivity contribution is -0.137. The predicted molar refractivity (Wildman–Crippen MR) is 181 cm³/mol. The van der Waals surface area contributed by atoms with E-state index in [9.17, 15) is 32.7 Å². The largest absolute Gasteiger partial charge is 0.505 e. The zero-order valence-electron chi connectivity index (χ0n) is 27.7. The monoisotopic (exact) mass is 726 g/mol. The Morgan fingerprint density at radius 2 is 1.90 bits per heavy atom. The second-order valence-electron chi connectivity index (χ2n) is 12.8. The Labute approximate surface area is 294 Å². The number of aromatic hydroxyl groups is 1. The van der Waals surface area contributed by atoms with Crippen molar-refractivity contribution in [3.05, 3.63) is 80.3 Å². The van der Waals surface area contributed by atoms with Crippen LogP contribution in [-0.2, 0) is 28.7 Å². The molecule has 0 radical (unpaired) electrons. The Kier molecular flexibility index (Phi) is 8.99. The maximum absolute atomic E-state index is 14.4. The van der Waals surface area contributed by atoms with Crippen molar-refractivity contribution < 1.29 is 32.6 Å². The summed E-state index contributed by atoms with van der Waals surface area (Å²) in [5.74, 6) is -0.719. The number of piperazine rings is 1. The Balaban J connectivity index is 1.26. The molecule has 7 rings (SSSR count). The highest BCUT2D eigenvalue weighted by Gasteiger charge is 2.45. The van der Waals surface area contributed by atoms with Crippen molar-refractivity contribution in [3.63, 3.8) is 0 Å². The Morgan fingerprint density at radius 1 is 1.16 bits per heavy atom. The number of benzene rings is 1. The number of nitrogens with one attached hydrogen (secondary N) is 1. The van der Waals surface area contributed by atoms with Crippen LogP contribution < -0.4 is 15.8 Å². The molecule has 2 bridgehead atoms. The van der Waals surface area contributed by atoms with Gasteiger partial charge in [-0.15, -0.1) is 5.10 Å². The second-order valence-corrected chi connectivity index (χ2v) is 13.2. The van der Waals surface area contributed by atoms with Crippen molar-refractivity contribution in [2.24, 2.45) is 0 Å². The molecular weight excluding hydrogens is 693 g/mol. The number of amides is 2. The molecule has 2 N–H and O–H groups in total. The third-order valence-electron chi connectivity index (χ3n) is 9.64. The average Bonchev–Trinajstić information content (AvgIpc) is 3.66. The Bertz CT molecular complexity index is 2130. The molecule has 6 heterocycles. The lowest BCUT2D eigenvalue weighted by atomic mass is 10.1. The van der Waals surface area contributed by atoms with Gasteiger partial charge in [0.1, 0.15) is 18.0 Å². The molecule has 17 heteroatoms. The number of aryl methyl sites for hydroxylation is 1. The quantitative estimate of drug-likeness (QED) is 0.282. The number of anilines is 2. The Hall–Kier alpha value is -4.96. The van der Waals surface area contributed by atoms with E-state index in [0.717, 1.165) is 23.8 Å². The van der Waals surface area contributed by atoms with Crippen LogP contribution in [0.1, 0.15) is 59.3 Å². The molecule has 0 aliphatic carbocycles. The van der Waals surface area contributed by atoms with Crippen LogP contribution in [0.3, 0.4) is 0 Å². The van der Waals surface area contributed by atoms with Crippen molar-refractivity contribution in [1.82, 2.24) is 29.0 Å². The third kappa shape index (κ3) is 6.30. The minimum Gasteiger partial charge on any atom is -0.505 e. The number of halogens is 4. The highest BCUT2D eigenvalue weighted by Crippen LogP contribution is 2.37. The number of ether oxygens (including phenoxy) is 1. The number of hydrogen-bond donors (Lipinski definition) is 2.